The fourth-order valence-corrected chi connectivity index (χ4v) is 9.78. The first-order valence-corrected chi connectivity index (χ1v) is 21.7. The molecule has 13 rings (SSSR count). The van der Waals surface area contributed by atoms with Crippen LogP contribution in [0.3, 0.4) is 0 Å². The number of hydrogen-bond donors (Lipinski definition) is 0. The minimum absolute atomic E-state index is 0.607. The third kappa shape index (κ3) is 5.75. The van der Waals surface area contributed by atoms with Crippen molar-refractivity contribution in [2.45, 2.75) is 0 Å². The summed E-state index contributed by atoms with van der Waals surface area (Å²) in [6.07, 6.45) is 0. The largest absolute Gasteiger partial charge is 0.309 e. The lowest BCUT2D eigenvalue weighted by molar-refractivity contribution is 1.07. The van der Waals surface area contributed by atoms with Crippen LogP contribution in [0.1, 0.15) is 0 Å². The molecule has 0 aliphatic heterocycles. The molecule has 64 heavy (non-hydrogen) atoms. The number of hydrogen-bond acceptors (Lipinski definition) is 3. The van der Waals surface area contributed by atoms with E-state index in [1.54, 1.807) is 0 Å². The Kier molecular flexibility index (Phi) is 8.15. The minimum atomic E-state index is 0.607. The van der Waals surface area contributed by atoms with E-state index >= 15 is 0 Å². The molecule has 3 aromatic heterocycles. The average Bonchev–Trinajstić information content (AvgIpc) is 3.87. The van der Waals surface area contributed by atoms with E-state index in [0.717, 1.165) is 77.4 Å². The van der Waals surface area contributed by atoms with Gasteiger partial charge in [0.1, 0.15) is 0 Å². The molecule has 298 valence electrons. The molecule has 5 heteroatoms. The van der Waals surface area contributed by atoms with Gasteiger partial charge in [0.05, 0.1) is 33.3 Å². The van der Waals surface area contributed by atoms with Crippen molar-refractivity contribution in [3.8, 4) is 56.7 Å². The van der Waals surface area contributed by atoms with Gasteiger partial charge in [-0.3, -0.25) is 0 Å². The summed E-state index contributed by atoms with van der Waals surface area (Å²) in [4.78, 5) is 16.4. The second kappa shape index (κ2) is 14.5. The minimum Gasteiger partial charge on any atom is -0.309 e. The van der Waals surface area contributed by atoms with Crippen LogP contribution in [0.25, 0.3) is 122 Å². The van der Waals surface area contributed by atoms with E-state index < -0.39 is 0 Å². The molecule has 10 aromatic carbocycles. The number of aromatic nitrogens is 5. The number of benzene rings is 10. The van der Waals surface area contributed by atoms with E-state index in [1.807, 2.05) is 6.07 Å². The van der Waals surface area contributed by atoms with Crippen LogP contribution in [0.5, 0.6) is 0 Å². The van der Waals surface area contributed by atoms with Gasteiger partial charge in [-0.05, 0) is 99.4 Å². The van der Waals surface area contributed by atoms with Gasteiger partial charge < -0.3 is 9.13 Å². The molecule has 0 aliphatic carbocycles. The summed E-state index contributed by atoms with van der Waals surface area (Å²) in [6.45, 7) is 0. The molecule has 0 bridgehead atoms. The van der Waals surface area contributed by atoms with Crippen molar-refractivity contribution in [3.63, 3.8) is 0 Å². The maximum absolute atomic E-state index is 5.52. The van der Waals surface area contributed by atoms with Crippen molar-refractivity contribution in [3.05, 3.63) is 224 Å². The van der Waals surface area contributed by atoms with Crippen LogP contribution in [-0.2, 0) is 0 Å². The molecule has 0 aliphatic rings. The fourth-order valence-electron chi connectivity index (χ4n) is 9.78. The van der Waals surface area contributed by atoms with Crippen LogP contribution < -0.4 is 0 Å². The number of fused-ring (bicyclic) bond motifs is 8. The highest BCUT2D eigenvalue weighted by Crippen LogP contribution is 2.42. The van der Waals surface area contributed by atoms with Gasteiger partial charge >= 0.3 is 0 Å². The molecule has 0 atom stereocenters. The normalized spacial score (nSPS) is 11.8. The van der Waals surface area contributed by atoms with Crippen molar-refractivity contribution in [2.75, 3.05) is 0 Å². The summed E-state index contributed by atoms with van der Waals surface area (Å²) in [5.74, 6) is 1.82. The Balaban J connectivity index is 1.10. The van der Waals surface area contributed by atoms with Gasteiger partial charge in [0.15, 0.2) is 17.5 Å². The highest BCUT2D eigenvalue weighted by molar-refractivity contribution is 6.15. The van der Waals surface area contributed by atoms with Gasteiger partial charge in [-0.15, -0.1) is 0 Å². The molecular formula is C59H37N5. The van der Waals surface area contributed by atoms with Gasteiger partial charge in [0, 0.05) is 38.4 Å². The van der Waals surface area contributed by atoms with Crippen LogP contribution >= 0.6 is 0 Å². The number of rotatable bonds is 6. The van der Waals surface area contributed by atoms with E-state index in [1.165, 1.54) is 26.9 Å². The maximum Gasteiger partial charge on any atom is 0.166 e. The molecule has 0 fully saturated rings. The predicted octanol–water partition coefficient (Wildman–Crippen LogP) is 15.0. The molecule has 3 heterocycles. The Morgan fingerprint density at radius 2 is 0.797 bits per heavy atom. The first kappa shape index (κ1) is 36.0. The lowest BCUT2D eigenvalue weighted by Crippen LogP contribution is -2.04. The van der Waals surface area contributed by atoms with E-state index in [9.17, 15) is 0 Å². The van der Waals surface area contributed by atoms with Crippen molar-refractivity contribution >= 4 is 65.2 Å². The Labute approximate surface area is 368 Å². The molecule has 0 unspecified atom stereocenters. The fraction of sp³-hybridized carbons (Fsp3) is 0. The summed E-state index contributed by atoms with van der Waals surface area (Å²) in [6, 6.07) is 79.8. The second-order valence-electron chi connectivity index (χ2n) is 16.4. The Morgan fingerprint density at radius 3 is 1.55 bits per heavy atom. The number of para-hydroxylation sites is 3. The molecular weight excluding hydrogens is 779 g/mol. The lowest BCUT2D eigenvalue weighted by Gasteiger charge is -2.17. The highest BCUT2D eigenvalue weighted by Gasteiger charge is 2.23. The monoisotopic (exact) mass is 815 g/mol. The van der Waals surface area contributed by atoms with Crippen molar-refractivity contribution in [2.24, 2.45) is 0 Å². The molecule has 0 N–H and O–H groups in total. The predicted molar refractivity (Wildman–Crippen MR) is 265 cm³/mol. The first-order valence-electron chi connectivity index (χ1n) is 21.7. The van der Waals surface area contributed by atoms with E-state index in [4.69, 9.17) is 15.0 Å². The van der Waals surface area contributed by atoms with Gasteiger partial charge in [0.2, 0.25) is 0 Å². The zero-order valence-corrected chi connectivity index (χ0v) is 34.6. The van der Waals surface area contributed by atoms with Crippen molar-refractivity contribution in [1.82, 2.24) is 24.1 Å². The molecule has 0 radical (unpaired) electrons. The van der Waals surface area contributed by atoms with Gasteiger partial charge in [0.25, 0.3) is 0 Å². The first-order chi connectivity index (χ1) is 31.7. The van der Waals surface area contributed by atoms with Crippen molar-refractivity contribution in [1.29, 1.82) is 0 Å². The Hall–Kier alpha value is -8.67. The SMILES string of the molecule is c1ccc(-c2cccc(-c3nc(-c4ccc5c(c4)c4ccccc4n5-c4ccccc4)nc(-c4c(-n5c6ccccc6c6cc7ccccc7cc65)ccc5ccccc45)n3)c2)cc1. The zero-order chi connectivity index (χ0) is 42.1. The molecule has 0 amide bonds. The molecule has 0 saturated heterocycles. The van der Waals surface area contributed by atoms with Gasteiger partial charge in [-0.2, -0.15) is 0 Å². The average molecular weight is 816 g/mol. The third-order valence-corrected chi connectivity index (χ3v) is 12.7. The van der Waals surface area contributed by atoms with Crippen LogP contribution in [0.4, 0.5) is 0 Å². The van der Waals surface area contributed by atoms with E-state index in [2.05, 4.69) is 228 Å². The topological polar surface area (TPSA) is 48.5 Å². The third-order valence-electron chi connectivity index (χ3n) is 12.7. The lowest BCUT2D eigenvalue weighted by atomic mass is 10.0. The standard InChI is InChI=1S/C59H37N5/c1-3-16-38(17-4-1)40-21-15-22-43(34-40)57-60-58(44-31-32-53-49(36-44)47-26-11-13-28-51(47)63(53)45-23-5-2-6-24-45)62-59(61-57)56-46-25-10-9-18-39(46)30-33-54(56)64-52-29-14-12-27-48(52)50-35-41-19-7-8-20-42(41)37-55(50)64/h1-37H. The summed E-state index contributed by atoms with van der Waals surface area (Å²) in [5, 5.41) is 9.27. The molecule has 0 saturated carbocycles. The zero-order valence-electron chi connectivity index (χ0n) is 34.6. The van der Waals surface area contributed by atoms with Crippen LogP contribution in [-0.4, -0.2) is 24.1 Å². The second-order valence-corrected chi connectivity index (χ2v) is 16.4. The smallest absolute Gasteiger partial charge is 0.166 e. The van der Waals surface area contributed by atoms with Crippen LogP contribution in [0.15, 0.2) is 224 Å². The molecule has 0 spiro atoms. The summed E-state index contributed by atoms with van der Waals surface area (Å²) in [7, 11) is 0. The highest BCUT2D eigenvalue weighted by atomic mass is 15.1. The summed E-state index contributed by atoms with van der Waals surface area (Å²) >= 11 is 0. The van der Waals surface area contributed by atoms with Crippen LogP contribution in [0, 0.1) is 0 Å². The van der Waals surface area contributed by atoms with Crippen LogP contribution in [0.2, 0.25) is 0 Å². The maximum atomic E-state index is 5.52. The van der Waals surface area contributed by atoms with E-state index in [-0.39, 0.29) is 0 Å². The molecule has 13 aromatic rings. The van der Waals surface area contributed by atoms with E-state index in [0.29, 0.717) is 17.5 Å². The number of nitrogens with zero attached hydrogens (tertiary/aromatic N) is 5. The summed E-state index contributed by atoms with van der Waals surface area (Å²) < 4.78 is 4.74. The Morgan fingerprint density at radius 1 is 0.266 bits per heavy atom. The summed E-state index contributed by atoms with van der Waals surface area (Å²) in [5.41, 5.74) is 11.6. The quantitative estimate of drug-likeness (QED) is 0.168. The van der Waals surface area contributed by atoms with Gasteiger partial charge in [-0.25, -0.2) is 15.0 Å². The molecule has 5 nitrogen and oxygen atoms in total. The van der Waals surface area contributed by atoms with Crippen molar-refractivity contribution < 1.29 is 0 Å². The van der Waals surface area contributed by atoms with Gasteiger partial charge in [-0.1, -0.05) is 158 Å². The Bertz CT molecular complexity index is 3960.